The summed E-state index contributed by atoms with van der Waals surface area (Å²) in [4.78, 5) is 23.3. The number of carboxylic acid groups (broad SMARTS) is 1. The van der Waals surface area contributed by atoms with E-state index in [1.54, 1.807) is 24.3 Å². The predicted molar refractivity (Wildman–Crippen MR) is 99.2 cm³/mol. The highest BCUT2D eigenvalue weighted by molar-refractivity contribution is 6.30. The summed E-state index contributed by atoms with van der Waals surface area (Å²) in [5, 5.41) is 13.7. The molecule has 8 nitrogen and oxygen atoms in total. The Morgan fingerprint density at radius 1 is 1.22 bits per heavy atom. The number of ether oxygens (including phenoxy) is 3. The van der Waals surface area contributed by atoms with Crippen molar-refractivity contribution in [3.05, 3.63) is 52.5 Å². The Hall–Kier alpha value is -3.26. The molecule has 0 saturated carbocycles. The number of hydrogen-bond donors (Lipinski definition) is 2. The number of carbonyl (C=O) groups is 2. The molecule has 0 unspecified atom stereocenters. The van der Waals surface area contributed by atoms with E-state index in [-0.39, 0.29) is 29.2 Å². The van der Waals surface area contributed by atoms with Crippen molar-refractivity contribution in [3.8, 4) is 17.2 Å². The van der Waals surface area contributed by atoms with Gasteiger partial charge in [-0.1, -0.05) is 17.7 Å². The summed E-state index contributed by atoms with van der Waals surface area (Å²) in [6, 6.07) is 9.63. The van der Waals surface area contributed by atoms with Crippen LogP contribution in [0.3, 0.4) is 0 Å². The summed E-state index contributed by atoms with van der Waals surface area (Å²) in [6.45, 7) is -0.282. The van der Waals surface area contributed by atoms with Crippen LogP contribution in [-0.4, -0.2) is 44.0 Å². The highest BCUT2D eigenvalue weighted by atomic mass is 35.5. The van der Waals surface area contributed by atoms with Crippen LogP contribution in [0, 0.1) is 0 Å². The molecule has 0 fully saturated rings. The van der Waals surface area contributed by atoms with Gasteiger partial charge in [0.2, 0.25) is 0 Å². The van der Waals surface area contributed by atoms with Crippen LogP contribution in [0.4, 0.5) is 0 Å². The van der Waals surface area contributed by atoms with E-state index in [0.29, 0.717) is 10.8 Å². The van der Waals surface area contributed by atoms with E-state index < -0.39 is 11.9 Å². The Morgan fingerprint density at radius 3 is 2.63 bits per heavy atom. The fourth-order valence-corrected chi connectivity index (χ4v) is 2.36. The van der Waals surface area contributed by atoms with Gasteiger partial charge in [-0.2, -0.15) is 5.10 Å². The smallest absolute Gasteiger partial charge is 0.340 e. The molecule has 2 aromatic rings. The zero-order chi connectivity index (χ0) is 19.8. The number of rotatable bonds is 8. The van der Waals surface area contributed by atoms with Crippen molar-refractivity contribution in [2.75, 3.05) is 20.8 Å². The Bertz CT molecular complexity index is 869. The van der Waals surface area contributed by atoms with Gasteiger partial charge in [-0.15, -0.1) is 0 Å². The number of carbonyl (C=O) groups excluding carboxylic acids is 1. The quantitative estimate of drug-likeness (QED) is 0.528. The number of hydrazone groups is 1. The van der Waals surface area contributed by atoms with Crippen molar-refractivity contribution >= 4 is 29.7 Å². The van der Waals surface area contributed by atoms with Crippen LogP contribution in [0.15, 0.2) is 41.5 Å². The van der Waals surface area contributed by atoms with Gasteiger partial charge in [0, 0.05) is 10.6 Å². The van der Waals surface area contributed by atoms with Crippen molar-refractivity contribution < 1.29 is 28.9 Å². The van der Waals surface area contributed by atoms with E-state index in [4.69, 9.17) is 25.8 Å². The van der Waals surface area contributed by atoms with Crippen molar-refractivity contribution in [1.29, 1.82) is 0 Å². The van der Waals surface area contributed by atoms with E-state index in [0.717, 1.165) is 0 Å². The molecule has 0 aliphatic heterocycles. The van der Waals surface area contributed by atoms with E-state index in [2.05, 4.69) is 10.5 Å². The van der Waals surface area contributed by atoms with Crippen LogP contribution in [0.25, 0.3) is 0 Å². The molecule has 2 N–H and O–H groups in total. The van der Waals surface area contributed by atoms with Crippen molar-refractivity contribution in [1.82, 2.24) is 5.43 Å². The van der Waals surface area contributed by atoms with Gasteiger partial charge in [0.1, 0.15) is 11.3 Å². The summed E-state index contributed by atoms with van der Waals surface area (Å²) in [5.41, 5.74) is 2.35. The number of nitrogens with zero attached hydrogens (tertiary/aromatic N) is 1. The molecule has 0 aromatic heterocycles. The lowest BCUT2D eigenvalue weighted by Gasteiger charge is -2.12. The molecule has 2 rings (SSSR count). The average Bonchev–Trinajstić information content (AvgIpc) is 2.65. The van der Waals surface area contributed by atoms with Gasteiger partial charge < -0.3 is 19.3 Å². The van der Waals surface area contributed by atoms with E-state index >= 15 is 0 Å². The van der Waals surface area contributed by atoms with Gasteiger partial charge >= 0.3 is 5.97 Å². The number of halogens is 1. The van der Waals surface area contributed by atoms with Crippen LogP contribution in [0.5, 0.6) is 17.2 Å². The zero-order valence-electron chi connectivity index (χ0n) is 14.6. The third-order valence-electron chi connectivity index (χ3n) is 3.35. The lowest BCUT2D eigenvalue weighted by molar-refractivity contribution is -0.123. The van der Waals surface area contributed by atoms with Gasteiger partial charge in [-0.25, -0.2) is 10.2 Å². The minimum Gasteiger partial charge on any atom is -0.493 e. The molecule has 0 atom stereocenters. The molecule has 0 heterocycles. The zero-order valence-corrected chi connectivity index (χ0v) is 15.3. The maximum Gasteiger partial charge on any atom is 0.340 e. The Balaban J connectivity index is 2.05. The second kappa shape index (κ2) is 9.44. The van der Waals surface area contributed by atoms with Gasteiger partial charge in [-0.3, -0.25) is 4.79 Å². The van der Waals surface area contributed by atoms with Crippen LogP contribution in [0.1, 0.15) is 15.9 Å². The van der Waals surface area contributed by atoms with E-state index in [1.165, 1.54) is 32.6 Å². The summed E-state index contributed by atoms with van der Waals surface area (Å²) in [7, 11) is 2.73. The topological polar surface area (TPSA) is 106 Å². The third kappa shape index (κ3) is 5.35. The molecule has 0 bridgehead atoms. The molecule has 2 aromatic carbocycles. The Kier molecular flexibility index (Phi) is 7.01. The van der Waals surface area contributed by atoms with Crippen LogP contribution in [-0.2, 0) is 4.79 Å². The van der Waals surface area contributed by atoms with Crippen LogP contribution in [0.2, 0.25) is 5.02 Å². The summed E-state index contributed by atoms with van der Waals surface area (Å²) in [5.74, 6) is -0.975. The molecule has 9 heteroatoms. The van der Waals surface area contributed by atoms with Gasteiger partial charge in [0.05, 0.1) is 20.4 Å². The highest BCUT2D eigenvalue weighted by Crippen LogP contribution is 2.32. The monoisotopic (exact) mass is 392 g/mol. The van der Waals surface area contributed by atoms with Crippen LogP contribution >= 0.6 is 11.6 Å². The molecule has 0 radical (unpaired) electrons. The second-order valence-electron chi connectivity index (χ2n) is 5.11. The fourth-order valence-electron chi connectivity index (χ4n) is 2.18. The fraction of sp³-hybridized carbons (Fsp3) is 0.167. The van der Waals surface area contributed by atoms with Gasteiger partial charge in [0.25, 0.3) is 5.91 Å². The minimum absolute atomic E-state index is 0.0598. The average molecular weight is 393 g/mol. The van der Waals surface area contributed by atoms with Gasteiger partial charge in [0.15, 0.2) is 18.1 Å². The number of amides is 1. The molecule has 0 aliphatic carbocycles. The van der Waals surface area contributed by atoms with E-state index in [1.807, 2.05) is 0 Å². The molecular formula is C18H17ClN2O6. The lowest BCUT2D eigenvalue weighted by atomic mass is 10.1. The normalized spacial score (nSPS) is 10.5. The second-order valence-corrected chi connectivity index (χ2v) is 5.55. The number of nitrogens with one attached hydrogen (secondary N) is 1. The standard InChI is InChI=1S/C18H17ClN2O6/c1-25-14-7-6-11(16(18(23)24)17(14)26-2)9-20-21-15(22)10-27-13-5-3-4-12(19)8-13/h3-9H,10H2,1-2H3,(H,21,22)(H,23,24)/b20-9-. The summed E-state index contributed by atoms with van der Waals surface area (Å²) < 4.78 is 15.5. The SMILES string of the molecule is COc1ccc(/C=N\NC(=O)COc2cccc(Cl)c2)c(C(=O)O)c1OC. The summed E-state index contributed by atoms with van der Waals surface area (Å²) in [6.07, 6.45) is 1.20. The van der Waals surface area contributed by atoms with E-state index in [9.17, 15) is 14.7 Å². The lowest BCUT2D eigenvalue weighted by Crippen LogP contribution is -2.24. The molecule has 0 saturated heterocycles. The number of methoxy groups -OCH3 is 2. The summed E-state index contributed by atoms with van der Waals surface area (Å²) >= 11 is 5.83. The number of hydrogen-bond acceptors (Lipinski definition) is 6. The molecular weight excluding hydrogens is 376 g/mol. The molecule has 1 amide bonds. The first-order chi connectivity index (χ1) is 13.0. The first kappa shape index (κ1) is 20.1. The third-order valence-corrected chi connectivity index (χ3v) is 3.59. The van der Waals surface area contributed by atoms with Crippen molar-refractivity contribution in [3.63, 3.8) is 0 Å². The Labute approximate surface area is 160 Å². The van der Waals surface area contributed by atoms with Crippen LogP contribution < -0.4 is 19.6 Å². The maximum absolute atomic E-state index is 11.8. The first-order valence-corrected chi connectivity index (χ1v) is 8.02. The molecule has 142 valence electrons. The number of carboxylic acids is 1. The minimum atomic E-state index is -1.22. The molecule has 27 heavy (non-hydrogen) atoms. The first-order valence-electron chi connectivity index (χ1n) is 7.64. The number of benzene rings is 2. The largest absolute Gasteiger partial charge is 0.493 e. The number of aromatic carboxylic acids is 1. The van der Waals surface area contributed by atoms with Crippen molar-refractivity contribution in [2.24, 2.45) is 5.10 Å². The Morgan fingerprint density at radius 2 is 2.00 bits per heavy atom. The van der Waals surface area contributed by atoms with Gasteiger partial charge in [-0.05, 0) is 30.3 Å². The molecule has 0 aliphatic rings. The highest BCUT2D eigenvalue weighted by Gasteiger charge is 2.20. The predicted octanol–water partition coefficient (Wildman–Crippen LogP) is 2.58. The maximum atomic E-state index is 11.8. The molecule has 0 spiro atoms. The van der Waals surface area contributed by atoms with Crippen molar-refractivity contribution in [2.45, 2.75) is 0 Å².